The molecule has 5 atom stereocenters. The van der Waals surface area contributed by atoms with Crippen molar-refractivity contribution in [2.45, 2.75) is 51.1 Å². The van der Waals surface area contributed by atoms with E-state index in [2.05, 4.69) is 10.3 Å². The number of carbonyl (C=O) groups is 1. The van der Waals surface area contributed by atoms with Crippen molar-refractivity contribution in [3.63, 3.8) is 0 Å². The third kappa shape index (κ3) is 2.14. The first kappa shape index (κ1) is 14.1. The minimum absolute atomic E-state index is 0.0949. The quantitative estimate of drug-likeness (QED) is 0.781. The normalized spacial score (nSPS) is 39.7. The van der Waals surface area contributed by atoms with Gasteiger partial charge >= 0.3 is 0 Å². The maximum atomic E-state index is 12.7. The van der Waals surface area contributed by atoms with Crippen molar-refractivity contribution in [3.8, 4) is 0 Å². The molecule has 0 spiro atoms. The van der Waals surface area contributed by atoms with Crippen molar-refractivity contribution in [3.05, 3.63) is 0 Å². The van der Waals surface area contributed by atoms with Crippen LogP contribution in [0.3, 0.4) is 0 Å². The Morgan fingerprint density at radius 3 is 2.55 bits per heavy atom. The van der Waals surface area contributed by atoms with Crippen LogP contribution in [0, 0.1) is 11.8 Å². The van der Waals surface area contributed by atoms with Crippen LogP contribution in [0.2, 0.25) is 0 Å². The fourth-order valence-corrected chi connectivity index (χ4v) is 3.64. The van der Waals surface area contributed by atoms with Gasteiger partial charge < -0.3 is 19.1 Å². The summed E-state index contributed by atoms with van der Waals surface area (Å²) in [6, 6.07) is 0. The van der Waals surface area contributed by atoms with Crippen LogP contribution in [0.5, 0.6) is 0 Å². The number of carbonyl (C=O) groups excluding carboxylic acids is 1. The monoisotopic (exact) mass is 308 g/mol. The largest absolute Gasteiger partial charge is 0.387 e. The number of oxime groups is 2. The molecule has 4 rings (SSSR count). The third-order valence-corrected chi connectivity index (χ3v) is 4.81. The standard InChI is InChI=1S/C15H20N2O5/c1-2-8-11-13(18)12-9(7-20-10-5-3-4-6-19-10)17-22-15(12)14(11)21-16-8/h10-12,14-15H,2-7H2,1H3/t10?,11-,12-,14-,15-/m0/s1. The summed E-state index contributed by atoms with van der Waals surface area (Å²) in [5.74, 6) is -0.551. The summed E-state index contributed by atoms with van der Waals surface area (Å²) in [4.78, 5) is 23.6. The Kier molecular flexibility index (Phi) is 3.62. The zero-order valence-electron chi connectivity index (χ0n) is 12.6. The van der Waals surface area contributed by atoms with Crippen LogP contribution in [-0.4, -0.2) is 48.9 Å². The third-order valence-electron chi connectivity index (χ3n) is 4.81. The van der Waals surface area contributed by atoms with Crippen molar-refractivity contribution in [1.82, 2.24) is 0 Å². The molecule has 3 aliphatic heterocycles. The van der Waals surface area contributed by atoms with Crippen LogP contribution in [0.4, 0.5) is 0 Å². The van der Waals surface area contributed by atoms with E-state index in [0.717, 1.165) is 31.6 Å². The Balaban J connectivity index is 1.42. The zero-order chi connectivity index (χ0) is 15.1. The summed E-state index contributed by atoms with van der Waals surface area (Å²) in [5, 5.41) is 8.06. The molecule has 0 amide bonds. The number of Topliss-reactive ketones (excluding diaryl/α,β-unsaturated/α-hetero) is 1. The van der Waals surface area contributed by atoms with Crippen LogP contribution in [0.25, 0.3) is 0 Å². The number of ketones is 1. The molecule has 3 heterocycles. The van der Waals surface area contributed by atoms with E-state index >= 15 is 0 Å². The minimum Gasteiger partial charge on any atom is -0.387 e. The molecular formula is C15H20N2O5. The van der Waals surface area contributed by atoms with Gasteiger partial charge in [0.05, 0.1) is 18.0 Å². The lowest BCUT2D eigenvalue weighted by Crippen LogP contribution is -2.32. The Labute approximate surface area is 128 Å². The van der Waals surface area contributed by atoms with Gasteiger partial charge in [-0.05, 0) is 25.7 Å². The number of hydrogen-bond acceptors (Lipinski definition) is 7. The van der Waals surface area contributed by atoms with Gasteiger partial charge in [0, 0.05) is 6.61 Å². The molecule has 1 aliphatic carbocycles. The van der Waals surface area contributed by atoms with Crippen LogP contribution >= 0.6 is 0 Å². The van der Waals surface area contributed by atoms with Gasteiger partial charge in [-0.3, -0.25) is 4.79 Å². The van der Waals surface area contributed by atoms with Crippen molar-refractivity contribution < 1.29 is 23.9 Å². The van der Waals surface area contributed by atoms with Gasteiger partial charge in [-0.2, -0.15) is 0 Å². The summed E-state index contributed by atoms with van der Waals surface area (Å²) in [6.07, 6.45) is 2.88. The number of ether oxygens (including phenoxy) is 2. The molecule has 0 aromatic heterocycles. The molecule has 2 fully saturated rings. The fourth-order valence-electron chi connectivity index (χ4n) is 3.64. The Morgan fingerprint density at radius 2 is 1.86 bits per heavy atom. The predicted octanol–water partition coefficient (Wildman–Crippen LogP) is 1.26. The summed E-state index contributed by atoms with van der Waals surface area (Å²) in [5.41, 5.74) is 1.46. The molecule has 0 aromatic rings. The average Bonchev–Trinajstić information content (AvgIpc) is 3.21. The summed E-state index contributed by atoms with van der Waals surface area (Å²) in [7, 11) is 0. The topological polar surface area (TPSA) is 78.7 Å². The summed E-state index contributed by atoms with van der Waals surface area (Å²) < 4.78 is 11.3. The fraction of sp³-hybridized carbons (Fsp3) is 0.800. The van der Waals surface area contributed by atoms with E-state index in [-0.39, 0.29) is 42.7 Å². The van der Waals surface area contributed by atoms with E-state index in [1.54, 1.807) is 0 Å². The first-order valence-corrected chi connectivity index (χ1v) is 8.01. The molecule has 7 nitrogen and oxygen atoms in total. The van der Waals surface area contributed by atoms with Crippen molar-refractivity contribution in [2.24, 2.45) is 22.1 Å². The van der Waals surface area contributed by atoms with E-state index < -0.39 is 0 Å². The average molecular weight is 308 g/mol. The first-order chi connectivity index (χ1) is 10.8. The van der Waals surface area contributed by atoms with E-state index in [0.29, 0.717) is 12.1 Å². The highest BCUT2D eigenvalue weighted by molar-refractivity contribution is 6.18. The Hall–Kier alpha value is -1.47. The van der Waals surface area contributed by atoms with Crippen molar-refractivity contribution in [1.29, 1.82) is 0 Å². The lowest BCUT2D eigenvalue weighted by atomic mass is 9.94. The molecule has 1 unspecified atom stereocenters. The highest BCUT2D eigenvalue weighted by Gasteiger charge is 2.61. The molecule has 0 bridgehead atoms. The van der Waals surface area contributed by atoms with Crippen molar-refractivity contribution in [2.75, 3.05) is 13.2 Å². The molecule has 1 saturated heterocycles. The second-order valence-corrected chi connectivity index (χ2v) is 6.12. The first-order valence-electron chi connectivity index (χ1n) is 8.01. The van der Waals surface area contributed by atoms with Gasteiger partial charge in [-0.1, -0.05) is 17.2 Å². The Bertz CT molecular complexity index is 526. The molecule has 1 saturated carbocycles. The van der Waals surface area contributed by atoms with Crippen LogP contribution in [0.1, 0.15) is 32.6 Å². The summed E-state index contributed by atoms with van der Waals surface area (Å²) >= 11 is 0. The maximum absolute atomic E-state index is 12.7. The molecule has 22 heavy (non-hydrogen) atoms. The zero-order valence-corrected chi connectivity index (χ0v) is 12.6. The summed E-state index contributed by atoms with van der Waals surface area (Å²) in [6.45, 7) is 2.98. The Morgan fingerprint density at radius 1 is 1.14 bits per heavy atom. The lowest BCUT2D eigenvalue weighted by molar-refractivity contribution is -0.153. The maximum Gasteiger partial charge on any atom is 0.183 e. The molecule has 7 heteroatoms. The van der Waals surface area contributed by atoms with Gasteiger partial charge in [0.1, 0.15) is 11.8 Å². The number of fused-ring (bicyclic) bond motifs is 3. The highest BCUT2D eigenvalue weighted by Crippen LogP contribution is 2.41. The van der Waals surface area contributed by atoms with Crippen LogP contribution < -0.4 is 0 Å². The van der Waals surface area contributed by atoms with Gasteiger partial charge in [-0.25, -0.2) is 0 Å². The highest BCUT2D eigenvalue weighted by atomic mass is 16.7. The van der Waals surface area contributed by atoms with E-state index in [4.69, 9.17) is 19.1 Å². The van der Waals surface area contributed by atoms with Gasteiger partial charge in [0.25, 0.3) is 0 Å². The van der Waals surface area contributed by atoms with Crippen LogP contribution in [-0.2, 0) is 23.9 Å². The van der Waals surface area contributed by atoms with E-state index in [1.807, 2.05) is 6.92 Å². The molecule has 0 aromatic carbocycles. The van der Waals surface area contributed by atoms with Crippen molar-refractivity contribution >= 4 is 17.2 Å². The lowest BCUT2D eigenvalue weighted by Gasteiger charge is -2.22. The van der Waals surface area contributed by atoms with Gasteiger partial charge in [0.15, 0.2) is 24.3 Å². The molecule has 0 N–H and O–H groups in total. The second kappa shape index (κ2) is 5.62. The number of rotatable bonds is 4. The number of nitrogens with zero attached hydrogens (tertiary/aromatic N) is 2. The smallest absolute Gasteiger partial charge is 0.183 e. The van der Waals surface area contributed by atoms with Crippen LogP contribution in [0.15, 0.2) is 10.3 Å². The number of hydrogen-bond donors (Lipinski definition) is 0. The molecule has 120 valence electrons. The van der Waals surface area contributed by atoms with E-state index in [1.165, 1.54) is 0 Å². The second-order valence-electron chi connectivity index (χ2n) is 6.12. The molecule has 0 radical (unpaired) electrons. The van der Waals surface area contributed by atoms with E-state index in [9.17, 15) is 4.79 Å². The minimum atomic E-state index is -0.365. The SMILES string of the molecule is CCC1=NO[C@H]2[C@@H]1C(=O)[C@@H]1C(COC3CCCCO3)=NO[C@@H]12. The molecule has 4 aliphatic rings. The van der Waals surface area contributed by atoms with Gasteiger partial charge in [-0.15, -0.1) is 0 Å². The predicted molar refractivity (Wildman–Crippen MR) is 76.4 cm³/mol. The molecular weight excluding hydrogens is 288 g/mol. The van der Waals surface area contributed by atoms with Gasteiger partial charge in [0.2, 0.25) is 0 Å².